The summed E-state index contributed by atoms with van der Waals surface area (Å²) in [4.78, 5) is 12.9. The van der Waals surface area contributed by atoms with Gasteiger partial charge < -0.3 is 10.1 Å². The highest BCUT2D eigenvalue weighted by molar-refractivity contribution is 5.95. The summed E-state index contributed by atoms with van der Waals surface area (Å²) in [6.45, 7) is 2.24. The lowest BCUT2D eigenvalue weighted by molar-refractivity contribution is -0.137. The second kappa shape index (κ2) is 8.09. The first-order chi connectivity index (χ1) is 14.8. The summed E-state index contributed by atoms with van der Waals surface area (Å²) < 4.78 is 46.1. The molecule has 31 heavy (non-hydrogen) atoms. The van der Waals surface area contributed by atoms with E-state index in [0.717, 1.165) is 41.9 Å². The van der Waals surface area contributed by atoms with E-state index in [1.807, 2.05) is 25.1 Å². The predicted octanol–water partition coefficient (Wildman–Crippen LogP) is 5.02. The molecule has 0 atom stereocenters. The minimum Gasteiger partial charge on any atom is -0.496 e. The molecule has 1 aromatic heterocycles. The van der Waals surface area contributed by atoms with Crippen molar-refractivity contribution >= 4 is 5.91 Å². The summed E-state index contributed by atoms with van der Waals surface area (Å²) >= 11 is 0. The molecule has 0 radical (unpaired) electrons. The first-order valence-electron chi connectivity index (χ1n) is 9.95. The van der Waals surface area contributed by atoms with Crippen LogP contribution in [0.15, 0.2) is 48.7 Å². The molecule has 2 aromatic carbocycles. The highest BCUT2D eigenvalue weighted by atomic mass is 19.4. The topological polar surface area (TPSA) is 56.1 Å². The minimum atomic E-state index is -4.45. The maximum atomic E-state index is 13.1. The minimum absolute atomic E-state index is 0.109. The molecule has 3 aromatic rings. The molecule has 1 N–H and O–H groups in total. The Morgan fingerprint density at radius 2 is 2.00 bits per heavy atom. The Morgan fingerprint density at radius 1 is 1.23 bits per heavy atom. The SMILES string of the molecule is COc1cc(CNC(=O)c2cnn(-c3cccc(C(F)(F)F)c3)c2C2CC2)ccc1C. The van der Waals surface area contributed by atoms with Crippen molar-refractivity contribution in [1.82, 2.24) is 15.1 Å². The van der Waals surface area contributed by atoms with Crippen LogP contribution in [0.2, 0.25) is 0 Å². The Kier molecular flexibility index (Phi) is 5.47. The predicted molar refractivity (Wildman–Crippen MR) is 109 cm³/mol. The fourth-order valence-corrected chi connectivity index (χ4v) is 3.55. The van der Waals surface area contributed by atoms with Crippen molar-refractivity contribution in [2.24, 2.45) is 0 Å². The van der Waals surface area contributed by atoms with Gasteiger partial charge >= 0.3 is 6.18 Å². The molecule has 5 nitrogen and oxygen atoms in total. The van der Waals surface area contributed by atoms with Crippen LogP contribution in [0.5, 0.6) is 5.75 Å². The number of nitrogens with one attached hydrogen (secondary N) is 1. The molecule has 4 rings (SSSR count). The van der Waals surface area contributed by atoms with Crippen molar-refractivity contribution in [1.29, 1.82) is 0 Å². The molecule has 1 heterocycles. The van der Waals surface area contributed by atoms with Gasteiger partial charge in [-0.3, -0.25) is 4.79 Å². The van der Waals surface area contributed by atoms with Crippen molar-refractivity contribution in [2.45, 2.75) is 38.4 Å². The second-order valence-electron chi connectivity index (χ2n) is 7.66. The summed E-state index contributed by atoms with van der Waals surface area (Å²) in [5.74, 6) is 0.541. The van der Waals surface area contributed by atoms with Gasteiger partial charge in [-0.05, 0) is 55.2 Å². The molecular weight excluding hydrogens is 407 g/mol. The lowest BCUT2D eigenvalue weighted by atomic mass is 10.1. The fourth-order valence-electron chi connectivity index (χ4n) is 3.55. The van der Waals surface area contributed by atoms with Crippen molar-refractivity contribution < 1.29 is 22.7 Å². The van der Waals surface area contributed by atoms with Crippen molar-refractivity contribution in [2.75, 3.05) is 7.11 Å². The first kappa shape index (κ1) is 21.0. The van der Waals surface area contributed by atoms with Crippen LogP contribution in [0.3, 0.4) is 0 Å². The van der Waals surface area contributed by atoms with E-state index in [9.17, 15) is 18.0 Å². The summed E-state index contributed by atoms with van der Waals surface area (Å²) in [7, 11) is 1.59. The number of halogens is 3. The average Bonchev–Trinajstić information content (AvgIpc) is 3.50. The normalized spacial score (nSPS) is 13.8. The molecular formula is C23H22F3N3O2. The number of carbonyl (C=O) groups is 1. The van der Waals surface area contributed by atoms with Crippen molar-refractivity contribution in [3.05, 3.63) is 76.6 Å². The monoisotopic (exact) mass is 429 g/mol. The number of rotatable bonds is 6. The van der Waals surface area contributed by atoms with Gasteiger partial charge in [0, 0.05) is 12.5 Å². The number of aromatic nitrogens is 2. The van der Waals surface area contributed by atoms with Crippen LogP contribution >= 0.6 is 0 Å². The third-order valence-electron chi connectivity index (χ3n) is 5.36. The smallest absolute Gasteiger partial charge is 0.416 e. The number of methoxy groups -OCH3 is 1. The van der Waals surface area contributed by atoms with Gasteiger partial charge in [-0.1, -0.05) is 18.2 Å². The number of hydrogen-bond acceptors (Lipinski definition) is 3. The zero-order valence-corrected chi connectivity index (χ0v) is 17.2. The van der Waals surface area contributed by atoms with E-state index < -0.39 is 11.7 Å². The average molecular weight is 429 g/mol. The number of aryl methyl sites for hydroxylation is 1. The molecule has 0 saturated heterocycles. The molecule has 0 unspecified atom stereocenters. The van der Waals surface area contributed by atoms with Crippen LogP contribution in [-0.4, -0.2) is 22.8 Å². The summed E-state index contributed by atoms with van der Waals surface area (Å²) in [6.07, 6.45) is -1.27. The second-order valence-corrected chi connectivity index (χ2v) is 7.66. The van der Waals surface area contributed by atoms with Gasteiger partial charge in [-0.15, -0.1) is 0 Å². The number of nitrogens with zero attached hydrogens (tertiary/aromatic N) is 2. The molecule has 1 aliphatic rings. The van der Waals surface area contributed by atoms with Gasteiger partial charge in [0.1, 0.15) is 5.75 Å². The maximum absolute atomic E-state index is 13.1. The molecule has 1 saturated carbocycles. The molecule has 0 aliphatic heterocycles. The first-order valence-corrected chi connectivity index (χ1v) is 9.95. The van der Waals surface area contributed by atoms with E-state index in [1.165, 1.54) is 16.9 Å². The zero-order chi connectivity index (χ0) is 22.2. The number of ether oxygens (including phenoxy) is 1. The van der Waals surface area contributed by atoms with Gasteiger partial charge in [0.05, 0.1) is 35.8 Å². The van der Waals surface area contributed by atoms with Gasteiger partial charge in [0.25, 0.3) is 5.91 Å². The van der Waals surface area contributed by atoms with Crippen LogP contribution in [0.1, 0.15) is 51.5 Å². The van der Waals surface area contributed by atoms with Crippen molar-refractivity contribution in [3.8, 4) is 11.4 Å². The summed E-state index contributed by atoms with van der Waals surface area (Å²) in [6, 6.07) is 10.7. The summed E-state index contributed by atoms with van der Waals surface area (Å²) in [5, 5.41) is 7.14. The Bertz CT molecular complexity index is 1120. The third kappa shape index (κ3) is 4.42. The number of hydrogen-bond donors (Lipinski definition) is 1. The third-order valence-corrected chi connectivity index (χ3v) is 5.36. The van der Waals surface area contributed by atoms with Crippen LogP contribution in [-0.2, 0) is 12.7 Å². The molecule has 0 bridgehead atoms. The molecule has 1 aliphatic carbocycles. The van der Waals surface area contributed by atoms with Crippen LogP contribution in [0, 0.1) is 6.92 Å². The van der Waals surface area contributed by atoms with Gasteiger partial charge in [0.2, 0.25) is 0 Å². The van der Waals surface area contributed by atoms with E-state index in [0.29, 0.717) is 23.5 Å². The van der Waals surface area contributed by atoms with Gasteiger partial charge in [-0.25, -0.2) is 4.68 Å². The van der Waals surface area contributed by atoms with Crippen LogP contribution in [0.4, 0.5) is 13.2 Å². The van der Waals surface area contributed by atoms with E-state index in [2.05, 4.69) is 10.4 Å². The Hall–Kier alpha value is -3.29. The molecule has 1 amide bonds. The largest absolute Gasteiger partial charge is 0.496 e. The highest BCUT2D eigenvalue weighted by Crippen LogP contribution is 2.43. The quantitative estimate of drug-likeness (QED) is 0.599. The van der Waals surface area contributed by atoms with Gasteiger partial charge in [0.15, 0.2) is 0 Å². The molecule has 162 valence electrons. The van der Waals surface area contributed by atoms with E-state index >= 15 is 0 Å². The van der Waals surface area contributed by atoms with Crippen molar-refractivity contribution in [3.63, 3.8) is 0 Å². The number of alkyl halides is 3. The number of amides is 1. The number of benzene rings is 2. The molecule has 1 fully saturated rings. The van der Waals surface area contributed by atoms with Gasteiger partial charge in [-0.2, -0.15) is 18.3 Å². The van der Waals surface area contributed by atoms with E-state index in [4.69, 9.17) is 4.74 Å². The Balaban J connectivity index is 1.59. The lowest BCUT2D eigenvalue weighted by Gasteiger charge is -2.12. The molecule has 0 spiro atoms. The lowest BCUT2D eigenvalue weighted by Crippen LogP contribution is -2.23. The Labute approximate surface area is 177 Å². The highest BCUT2D eigenvalue weighted by Gasteiger charge is 2.34. The van der Waals surface area contributed by atoms with Crippen LogP contribution < -0.4 is 10.1 Å². The zero-order valence-electron chi connectivity index (χ0n) is 17.2. The fraction of sp³-hybridized carbons (Fsp3) is 0.304. The van der Waals surface area contributed by atoms with E-state index in [1.54, 1.807) is 13.2 Å². The molecule has 8 heteroatoms. The standard InChI is InChI=1S/C23H22F3N3O2/c1-14-6-7-15(10-20(14)31-2)12-27-22(30)19-13-28-29(21(19)16-8-9-16)18-5-3-4-17(11-18)23(24,25)26/h3-7,10-11,13,16H,8-9,12H2,1-2H3,(H,27,30). The maximum Gasteiger partial charge on any atom is 0.416 e. The van der Waals surface area contributed by atoms with E-state index in [-0.39, 0.29) is 11.8 Å². The van der Waals surface area contributed by atoms with Crippen LogP contribution in [0.25, 0.3) is 5.69 Å². The number of carbonyl (C=O) groups excluding carboxylic acids is 1. The Morgan fingerprint density at radius 3 is 2.68 bits per heavy atom. The summed E-state index contributed by atoms with van der Waals surface area (Å²) in [5.41, 5.74) is 2.46.